The van der Waals surface area contributed by atoms with Crippen LogP contribution in [0.5, 0.6) is 5.75 Å². The Morgan fingerprint density at radius 3 is 3.12 bits per heavy atom. The number of carbonyl (C=O) groups excluding carboxylic acids is 1. The number of nitrogens with zero attached hydrogens (tertiary/aromatic N) is 3. The van der Waals surface area contributed by atoms with Gasteiger partial charge in [0.2, 0.25) is 5.91 Å². The lowest BCUT2D eigenvalue weighted by Crippen LogP contribution is -2.45. The zero-order chi connectivity index (χ0) is 17.6. The monoisotopic (exact) mass is 363 g/mol. The van der Waals surface area contributed by atoms with Gasteiger partial charge in [-0.25, -0.2) is 0 Å². The summed E-state index contributed by atoms with van der Waals surface area (Å²) in [5.74, 6) is 1.46. The molecular weight excluding hydrogens is 342 g/mol. The fourth-order valence-electron chi connectivity index (χ4n) is 2.46. The van der Waals surface area contributed by atoms with Gasteiger partial charge in [0.05, 0.1) is 18.5 Å². The maximum Gasteiger partial charge on any atom is 0.277 e. The molecule has 0 radical (unpaired) electrons. The fourth-order valence-corrected chi connectivity index (χ4v) is 3.15. The molecule has 1 aromatic carbocycles. The Labute approximate surface area is 150 Å². The van der Waals surface area contributed by atoms with Crippen molar-refractivity contribution < 1.29 is 18.7 Å². The average molecular weight is 363 g/mol. The zero-order valence-electron chi connectivity index (χ0n) is 14.3. The zero-order valence-corrected chi connectivity index (χ0v) is 15.1. The smallest absolute Gasteiger partial charge is 0.277 e. The third-order valence-electron chi connectivity index (χ3n) is 3.71. The Morgan fingerprint density at radius 1 is 1.44 bits per heavy atom. The van der Waals surface area contributed by atoms with E-state index < -0.39 is 0 Å². The van der Waals surface area contributed by atoms with Crippen molar-refractivity contribution in [3.63, 3.8) is 0 Å². The molecule has 8 heteroatoms. The number of ether oxygens (including phenoxy) is 2. The summed E-state index contributed by atoms with van der Waals surface area (Å²) in [5, 5.41) is 8.27. The van der Waals surface area contributed by atoms with Gasteiger partial charge in [0.15, 0.2) is 6.61 Å². The van der Waals surface area contributed by atoms with Crippen LogP contribution >= 0.6 is 11.8 Å². The van der Waals surface area contributed by atoms with E-state index in [4.69, 9.17) is 13.9 Å². The van der Waals surface area contributed by atoms with Crippen LogP contribution in [0.4, 0.5) is 0 Å². The minimum atomic E-state index is 0.0518. The lowest BCUT2D eigenvalue weighted by molar-refractivity contribution is -0.135. The van der Waals surface area contributed by atoms with Crippen molar-refractivity contribution in [3.8, 4) is 5.75 Å². The van der Waals surface area contributed by atoms with Gasteiger partial charge >= 0.3 is 0 Å². The summed E-state index contributed by atoms with van der Waals surface area (Å²) in [7, 11) is 0. The summed E-state index contributed by atoms with van der Waals surface area (Å²) >= 11 is 1.24. The van der Waals surface area contributed by atoms with E-state index in [0.717, 1.165) is 11.3 Å². The molecule has 1 atom stereocenters. The van der Waals surface area contributed by atoms with Gasteiger partial charge in [0.25, 0.3) is 11.1 Å². The van der Waals surface area contributed by atoms with Crippen LogP contribution in [-0.4, -0.2) is 52.6 Å². The number of hydrogen-bond donors (Lipinski definition) is 0. The van der Waals surface area contributed by atoms with Crippen LogP contribution in [-0.2, 0) is 16.1 Å². The Hall–Kier alpha value is -2.06. The molecule has 25 heavy (non-hydrogen) atoms. The predicted molar refractivity (Wildman–Crippen MR) is 92.5 cm³/mol. The average Bonchev–Trinajstić information content (AvgIpc) is 3.06. The molecule has 3 rings (SSSR count). The molecule has 7 nitrogen and oxygen atoms in total. The second kappa shape index (κ2) is 8.35. The van der Waals surface area contributed by atoms with Gasteiger partial charge in [0, 0.05) is 13.1 Å². The largest absolute Gasteiger partial charge is 0.484 e. The lowest BCUT2D eigenvalue weighted by atomic mass is 10.2. The highest BCUT2D eigenvalue weighted by atomic mass is 32.2. The first-order valence-corrected chi connectivity index (χ1v) is 9.13. The van der Waals surface area contributed by atoms with Crippen molar-refractivity contribution in [1.82, 2.24) is 15.1 Å². The number of hydrogen-bond acceptors (Lipinski definition) is 7. The maximum atomic E-state index is 12.2. The van der Waals surface area contributed by atoms with E-state index in [1.807, 2.05) is 38.1 Å². The van der Waals surface area contributed by atoms with E-state index in [9.17, 15) is 4.79 Å². The third-order valence-corrected chi connectivity index (χ3v) is 4.52. The van der Waals surface area contributed by atoms with Crippen molar-refractivity contribution in [2.45, 2.75) is 31.8 Å². The summed E-state index contributed by atoms with van der Waals surface area (Å²) in [6.07, 6.45) is 0.0801. The quantitative estimate of drug-likeness (QED) is 0.729. The van der Waals surface area contributed by atoms with Gasteiger partial charge in [-0.15, -0.1) is 10.2 Å². The first-order chi connectivity index (χ1) is 12.1. The van der Waals surface area contributed by atoms with Crippen molar-refractivity contribution >= 4 is 17.7 Å². The van der Waals surface area contributed by atoms with Gasteiger partial charge in [-0.2, -0.15) is 0 Å². The predicted octanol–water partition coefficient (Wildman–Crippen LogP) is 2.30. The van der Waals surface area contributed by atoms with Crippen LogP contribution in [0.15, 0.2) is 33.9 Å². The standard InChI is InChI=1S/C17H21N3O4S/c1-12-4-3-5-14(8-12)23-10-15-18-19-17(24-15)25-11-16(21)20-6-7-22-13(2)9-20/h3-5,8,13H,6-7,9-11H2,1-2H3. The summed E-state index contributed by atoms with van der Waals surface area (Å²) in [6, 6.07) is 7.74. The first-order valence-electron chi connectivity index (χ1n) is 8.14. The lowest BCUT2D eigenvalue weighted by Gasteiger charge is -2.30. The molecule has 0 N–H and O–H groups in total. The van der Waals surface area contributed by atoms with E-state index in [2.05, 4.69) is 10.2 Å². The molecule has 1 aromatic heterocycles. The Bertz CT molecular complexity index is 721. The molecule has 0 spiro atoms. The van der Waals surface area contributed by atoms with Gasteiger partial charge in [0.1, 0.15) is 5.75 Å². The number of benzene rings is 1. The molecule has 1 amide bonds. The third kappa shape index (κ3) is 5.20. The fraction of sp³-hybridized carbons (Fsp3) is 0.471. The van der Waals surface area contributed by atoms with Gasteiger partial charge < -0.3 is 18.8 Å². The highest BCUT2D eigenvalue weighted by molar-refractivity contribution is 7.99. The summed E-state index contributed by atoms with van der Waals surface area (Å²) < 4.78 is 16.6. The topological polar surface area (TPSA) is 77.7 Å². The minimum absolute atomic E-state index is 0.0518. The maximum absolute atomic E-state index is 12.2. The van der Waals surface area contributed by atoms with Gasteiger partial charge in [-0.1, -0.05) is 23.9 Å². The molecule has 1 unspecified atom stereocenters. The Morgan fingerprint density at radius 2 is 2.32 bits per heavy atom. The van der Waals surface area contributed by atoms with Crippen LogP contribution in [0.25, 0.3) is 0 Å². The Kier molecular flexibility index (Phi) is 5.93. The van der Waals surface area contributed by atoms with Crippen LogP contribution in [0.1, 0.15) is 18.4 Å². The van der Waals surface area contributed by atoms with Crippen LogP contribution < -0.4 is 4.74 Å². The molecule has 134 valence electrons. The molecular formula is C17H21N3O4S. The number of carbonyl (C=O) groups is 1. The highest BCUT2D eigenvalue weighted by Crippen LogP contribution is 2.19. The van der Waals surface area contributed by atoms with Crippen molar-refractivity contribution in [3.05, 3.63) is 35.7 Å². The first kappa shape index (κ1) is 17.8. The van der Waals surface area contributed by atoms with E-state index >= 15 is 0 Å². The molecule has 0 saturated carbocycles. The number of aryl methyl sites for hydroxylation is 1. The van der Waals surface area contributed by atoms with Crippen LogP contribution in [0.2, 0.25) is 0 Å². The number of rotatable bonds is 6. The molecule has 0 aliphatic carbocycles. The summed E-state index contributed by atoms with van der Waals surface area (Å²) in [6.45, 7) is 6.00. The van der Waals surface area contributed by atoms with Crippen molar-refractivity contribution in [2.75, 3.05) is 25.4 Å². The van der Waals surface area contributed by atoms with Gasteiger partial charge in [-0.05, 0) is 31.5 Å². The Balaban J connectivity index is 1.46. The highest BCUT2D eigenvalue weighted by Gasteiger charge is 2.22. The van der Waals surface area contributed by atoms with E-state index in [1.165, 1.54) is 11.8 Å². The molecule has 2 heterocycles. The number of morpholine rings is 1. The minimum Gasteiger partial charge on any atom is -0.484 e. The number of aromatic nitrogens is 2. The molecule has 1 saturated heterocycles. The summed E-state index contributed by atoms with van der Waals surface area (Å²) in [5.41, 5.74) is 1.12. The van der Waals surface area contributed by atoms with E-state index in [1.54, 1.807) is 4.90 Å². The van der Waals surface area contributed by atoms with Crippen LogP contribution in [0.3, 0.4) is 0 Å². The number of amides is 1. The van der Waals surface area contributed by atoms with E-state index in [-0.39, 0.29) is 24.4 Å². The molecule has 1 aliphatic rings. The van der Waals surface area contributed by atoms with Crippen LogP contribution in [0, 0.1) is 6.92 Å². The van der Waals surface area contributed by atoms with Gasteiger partial charge in [-0.3, -0.25) is 4.79 Å². The normalized spacial score (nSPS) is 17.5. The molecule has 0 bridgehead atoms. The number of thioether (sulfide) groups is 1. The van der Waals surface area contributed by atoms with E-state index in [0.29, 0.717) is 30.8 Å². The molecule has 1 fully saturated rings. The SMILES string of the molecule is Cc1cccc(OCc2nnc(SCC(=O)N3CCOC(C)C3)o2)c1. The second-order valence-corrected chi connectivity index (χ2v) is 6.80. The van der Waals surface area contributed by atoms with Crippen molar-refractivity contribution in [2.24, 2.45) is 0 Å². The molecule has 1 aliphatic heterocycles. The summed E-state index contributed by atoms with van der Waals surface area (Å²) in [4.78, 5) is 14.0. The second-order valence-electron chi connectivity index (χ2n) is 5.88. The van der Waals surface area contributed by atoms with Crippen molar-refractivity contribution in [1.29, 1.82) is 0 Å². The molecule has 2 aromatic rings.